The first-order chi connectivity index (χ1) is 11.2. The van der Waals surface area contributed by atoms with Crippen LogP contribution in [-0.2, 0) is 4.79 Å². The molecule has 0 aliphatic rings. The number of rotatable bonds is 5. The maximum atomic E-state index is 12.3. The third-order valence-electron chi connectivity index (χ3n) is 3.47. The molecule has 4 nitrogen and oxygen atoms in total. The molecule has 0 unspecified atom stereocenters. The van der Waals surface area contributed by atoms with Crippen molar-refractivity contribution in [3.63, 3.8) is 0 Å². The van der Waals surface area contributed by atoms with Gasteiger partial charge in [0.1, 0.15) is 0 Å². The fourth-order valence-electron chi connectivity index (χ4n) is 2.22. The molecule has 0 aliphatic carbocycles. The molecule has 118 valence electrons. The zero-order chi connectivity index (χ0) is 16.7. The first-order valence-electron chi connectivity index (χ1n) is 7.52. The van der Waals surface area contributed by atoms with Gasteiger partial charge >= 0.3 is 0 Å². The van der Waals surface area contributed by atoms with Crippen molar-refractivity contribution in [2.75, 3.05) is 18.5 Å². The zero-order valence-corrected chi connectivity index (χ0v) is 13.3. The molecule has 2 rings (SSSR count). The van der Waals surface area contributed by atoms with E-state index >= 15 is 0 Å². The fourth-order valence-corrected chi connectivity index (χ4v) is 2.22. The van der Waals surface area contributed by atoms with Crippen LogP contribution in [0.2, 0.25) is 0 Å². The van der Waals surface area contributed by atoms with Gasteiger partial charge in [-0.1, -0.05) is 30.3 Å². The Kier molecular flexibility index (Phi) is 5.69. The van der Waals surface area contributed by atoms with Crippen LogP contribution >= 0.6 is 0 Å². The van der Waals surface area contributed by atoms with Crippen LogP contribution in [0.4, 0.5) is 5.69 Å². The number of amides is 2. The van der Waals surface area contributed by atoms with Crippen molar-refractivity contribution in [2.45, 2.75) is 6.92 Å². The molecule has 0 atom stereocenters. The number of anilines is 1. The maximum Gasteiger partial charge on any atom is 0.251 e. The smallest absolute Gasteiger partial charge is 0.251 e. The van der Waals surface area contributed by atoms with E-state index in [0.29, 0.717) is 12.1 Å². The summed E-state index contributed by atoms with van der Waals surface area (Å²) in [7, 11) is 1.59. The number of carbonyl (C=O) groups is 2. The van der Waals surface area contributed by atoms with E-state index in [2.05, 4.69) is 5.32 Å². The van der Waals surface area contributed by atoms with E-state index in [-0.39, 0.29) is 11.8 Å². The summed E-state index contributed by atoms with van der Waals surface area (Å²) >= 11 is 0. The molecule has 0 spiro atoms. The molecule has 0 aliphatic heterocycles. The Morgan fingerprint density at radius 3 is 2.26 bits per heavy atom. The molecule has 0 heterocycles. The predicted octanol–water partition coefficient (Wildman–Crippen LogP) is 3.11. The number of nitrogens with one attached hydrogen (secondary N) is 1. The third-order valence-corrected chi connectivity index (χ3v) is 3.47. The molecular weight excluding hydrogens is 288 g/mol. The van der Waals surface area contributed by atoms with Crippen molar-refractivity contribution in [1.82, 2.24) is 5.32 Å². The number of likely N-dealkylation sites (N-methyl/N-ethyl adjacent to an activating group) is 1. The molecule has 4 heteroatoms. The summed E-state index contributed by atoms with van der Waals surface area (Å²) in [6.07, 6.45) is 3.30. The number of hydrogen-bond donors (Lipinski definition) is 1. The lowest BCUT2D eigenvalue weighted by Crippen LogP contribution is -2.28. The lowest BCUT2D eigenvalue weighted by molar-refractivity contribution is -0.114. The predicted molar refractivity (Wildman–Crippen MR) is 93.3 cm³/mol. The van der Waals surface area contributed by atoms with E-state index in [4.69, 9.17) is 0 Å². The first-order valence-corrected chi connectivity index (χ1v) is 7.52. The second-order valence-electron chi connectivity index (χ2n) is 4.95. The van der Waals surface area contributed by atoms with E-state index in [1.165, 1.54) is 0 Å². The second-order valence-corrected chi connectivity index (χ2v) is 4.95. The highest BCUT2D eigenvalue weighted by molar-refractivity contribution is 6.03. The summed E-state index contributed by atoms with van der Waals surface area (Å²) < 4.78 is 0. The summed E-state index contributed by atoms with van der Waals surface area (Å²) in [4.78, 5) is 25.5. The van der Waals surface area contributed by atoms with Crippen LogP contribution in [0, 0.1) is 0 Å². The van der Waals surface area contributed by atoms with Crippen LogP contribution in [0.5, 0.6) is 0 Å². The maximum absolute atomic E-state index is 12.3. The van der Waals surface area contributed by atoms with Gasteiger partial charge in [0.25, 0.3) is 11.8 Å². The lowest BCUT2D eigenvalue weighted by Gasteiger charge is -2.19. The van der Waals surface area contributed by atoms with Gasteiger partial charge in [0.15, 0.2) is 0 Å². The quantitative estimate of drug-likeness (QED) is 0.863. The van der Waals surface area contributed by atoms with Gasteiger partial charge < -0.3 is 10.2 Å². The van der Waals surface area contributed by atoms with Gasteiger partial charge in [0.2, 0.25) is 0 Å². The van der Waals surface area contributed by atoms with E-state index < -0.39 is 0 Å². The number of benzene rings is 2. The average molecular weight is 308 g/mol. The minimum atomic E-state index is -0.127. The zero-order valence-electron chi connectivity index (χ0n) is 13.3. The summed E-state index contributed by atoms with van der Waals surface area (Å²) in [5.41, 5.74) is 2.34. The second kappa shape index (κ2) is 7.94. The van der Waals surface area contributed by atoms with Crippen molar-refractivity contribution in [3.05, 3.63) is 71.8 Å². The molecule has 2 amide bonds. The van der Waals surface area contributed by atoms with Gasteiger partial charge in [-0.05, 0) is 42.8 Å². The van der Waals surface area contributed by atoms with E-state index in [0.717, 1.165) is 11.3 Å². The molecule has 23 heavy (non-hydrogen) atoms. The molecule has 0 aromatic heterocycles. The molecule has 0 bridgehead atoms. The summed E-state index contributed by atoms with van der Waals surface area (Å²) in [6, 6.07) is 16.7. The van der Waals surface area contributed by atoms with Crippen LogP contribution < -0.4 is 10.2 Å². The van der Waals surface area contributed by atoms with Gasteiger partial charge in [0.05, 0.1) is 0 Å². The third kappa shape index (κ3) is 4.30. The number of hydrogen-bond acceptors (Lipinski definition) is 2. The highest BCUT2D eigenvalue weighted by Crippen LogP contribution is 2.14. The Morgan fingerprint density at radius 1 is 1.04 bits per heavy atom. The highest BCUT2D eigenvalue weighted by atomic mass is 16.2. The van der Waals surface area contributed by atoms with Crippen LogP contribution in [0.3, 0.4) is 0 Å². The SMILES string of the molecule is CCN(C(=O)/C=C/c1ccc(C(=O)NC)cc1)c1ccccc1. The van der Waals surface area contributed by atoms with E-state index in [1.54, 1.807) is 36.2 Å². The lowest BCUT2D eigenvalue weighted by atomic mass is 10.1. The van der Waals surface area contributed by atoms with Crippen molar-refractivity contribution in [2.24, 2.45) is 0 Å². The van der Waals surface area contributed by atoms with Gasteiger partial charge in [-0.15, -0.1) is 0 Å². The van der Waals surface area contributed by atoms with Crippen LogP contribution in [0.15, 0.2) is 60.7 Å². The largest absolute Gasteiger partial charge is 0.355 e. The monoisotopic (exact) mass is 308 g/mol. The van der Waals surface area contributed by atoms with Gasteiger partial charge in [-0.25, -0.2) is 0 Å². The van der Waals surface area contributed by atoms with Crippen molar-refractivity contribution in [3.8, 4) is 0 Å². The molecule has 0 saturated heterocycles. The topological polar surface area (TPSA) is 49.4 Å². The summed E-state index contributed by atoms with van der Waals surface area (Å²) in [6.45, 7) is 2.54. The Balaban J connectivity index is 2.09. The Hall–Kier alpha value is -2.88. The molecule has 0 fully saturated rings. The van der Waals surface area contributed by atoms with Crippen LogP contribution in [-0.4, -0.2) is 25.4 Å². The number of para-hydroxylation sites is 1. The van der Waals surface area contributed by atoms with E-state index in [1.807, 2.05) is 49.4 Å². The standard InChI is InChI=1S/C19H20N2O2/c1-3-21(17-7-5-4-6-8-17)18(22)14-11-15-9-12-16(13-10-15)19(23)20-2/h4-14H,3H2,1-2H3,(H,20,23)/b14-11+. The number of carbonyl (C=O) groups excluding carboxylic acids is 2. The molecular formula is C19H20N2O2. The van der Waals surface area contributed by atoms with Crippen molar-refractivity contribution < 1.29 is 9.59 Å². The highest BCUT2D eigenvalue weighted by Gasteiger charge is 2.10. The van der Waals surface area contributed by atoms with Crippen molar-refractivity contribution in [1.29, 1.82) is 0 Å². The minimum Gasteiger partial charge on any atom is -0.355 e. The minimum absolute atomic E-state index is 0.0749. The molecule has 2 aromatic carbocycles. The van der Waals surface area contributed by atoms with Crippen LogP contribution in [0.1, 0.15) is 22.8 Å². The van der Waals surface area contributed by atoms with Gasteiger partial charge in [-0.3, -0.25) is 9.59 Å². The summed E-state index contributed by atoms with van der Waals surface area (Å²) in [5, 5.41) is 2.57. The Labute approximate surface area is 136 Å². The normalized spacial score (nSPS) is 10.5. The van der Waals surface area contributed by atoms with Gasteiger partial charge in [0, 0.05) is 30.9 Å². The van der Waals surface area contributed by atoms with Crippen LogP contribution in [0.25, 0.3) is 6.08 Å². The molecule has 0 saturated carbocycles. The molecule has 1 N–H and O–H groups in total. The Morgan fingerprint density at radius 2 is 1.70 bits per heavy atom. The molecule has 2 aromatic rings. The van der Waals surface area contributed by atoms with Gasteiger partial charge in [-0.2, -0.15) is 0 Å². The number of nitrogens with zero attached hydrogens (tertiary/aromatic N) is 1. The average Bonchev–Trinajstić information content (AvgIpc) is 2.61. The fraction of sp³-hybridized carbons (Fsp3) is 0.158. The van der Waals surface area contributed by atoms with Crippen molar-refractivity contribution >= 4 is 23.6 Å². The first kappa shape index (κ1) is 16.5. The Bertz CT molecular complexity index is 691. The molecule has 0 radical (unpaired) electrons. The summed E-state index contributed by atoms with van der Waals surface area (Å²) in [5.74, 6) is -0.202. The van der Waals surface area contributed by atoms with E-state index in [9.17, 15) is 9.59 Å².